The van der Waals surface area contributed by atoms with Gasteiger partial charge in [0, 0.05) is 5.56 Å². The van der Waals surface area contributed by atoms with Crippen molar-refractivity contribution in [2.24, 2.45) is 5.73 Å². The highest BCUT2D eigenvalue weighted by atomic mass is 32.1. The zero-order valence-electron chi connectivity index (χ0n) is 12.8. The van der Waals surface area contributed by atoms with Gasteiger partial charge in [-0.2, -0.15) is 5.10 Å². The molecule has 6 N–H and O–H groups in total. The van der Waals surface area contributed by atoms with Crippen molar-refractivity contribution in [3.05, 3.63) is 34.4 Å². The van der Waals surface area contributed by atoms with Crippen LogP contribution < -0.4 is 17.0 Å². The molecular formula is C14H9N9O2S. The molecule has 0 saturated heterocycles. The number of hydrogen-bond donors (Lipinski definition) is 4. The summed E-state index contributed by atoms with van der Waals surface area (Å²) >= 11 is 4.94. The molecule has 0 aliphatic rings. The molecule has 0 amide bonds. The van der Waals surface area contributed by atoms with E-state index in [0.717, 1.165) is 0 Å². The molecule has 0 atom stereocenters. The van der Waals surface area contributed by atoms with E-state index >= 15 is 0 Å². The maximum absolute atomic E-state index is 12.3. The highest BCUT2D eigenvalue weighted by Gasteiger charge is 2.23. The molecule has 0 unspecified atom stereocenters. The number of hydrogen-bond acceptors (Lipinski definition) is 8. The molecule has 0 bridgehead atoms. The molecule has 0 aliphatic heterocycles. The van der Waals surface area contributed by atoms with Crippen LogP contribution in [0.4, 0.5) is 5.82 Å². The van der Waals surface area contributed by atoms with Gasteiger partial charge >= 0.3 is 0 Å². The van der Waals surface area contributed by atoms with Crippen LogP contribution in [0.5, 0.6) is 0 Å². The second kappa shape index (κ2) is 4.86. The number of H-pyrrole nitrogens is 2. The minimum atomic E-state index is -0.388. The van der Waals surface area contributed by atoms with Crippen LogP contribution in [0.1, 0.15) is 5.69 Å². The average molecular weight is 367 g/mol. The van der Waals surface area contributed by atoms with E-state index in [2.05, 4.69) is 30.5 Å². The van der Waals surface area contributed by atoms with Gasteiger partial charge in [-0.1, -0.05) is 12.2 Å². The number of nitrogens with one attached hydrogen (secondary N) is 2. The van der Waals surface area contributed by atoms with Crippen LogP contribution in [-0.4, -0.2) is 40.0 Å². The Morgan fingerprint density at radius 1 is 1.31 bits per heavy atom. The maximum Gasteiger partial charge on any atom is 0.276 e. The van der Waals surface area contributed by atoms with Crippen molar-refractivity contribution in [1.82, 2.24) is 35.0 Å². The second-order valence-electron chi connectivity index (χ2n) is 5.51. The Hall–Kier alpha value is -3.80. The van der Waals surface area contributed by atoms with Crippen LogP contribution in [0, 0.1) is 0 Å². The summed E-state index contributed by atoms with van der Waals surface area (Å²) in [5, 5.41) is 18.3. The number of furan rings is 1. The smallest absolute Gasteiger partial charge is 0.276 e. The van der Waals surface area contributed by atoms with Gasteiger partial charge in [0.2, 0.25) is 0 Å². The Bertz CT molecular complexity index is 1390. The molecule has 0 aromatic carbocycles. The number of anilines is 1. The van der Waals surface area contributed by atoms with E-state index in [1.165, 1.54) is 10.8 Å². The van der Waals surface area contributed by atoms with E-state index in [-0.39, 0.29) is 33.1 Å². The van der Waals surface area contributed by atoms with Gasteiger partial charge in [-0.3, -0.25) is 9.89 Å². The number of nitrogens with zero attached hydrogens (tertiary/aromatic N) is 5. The first kappa shape index (κ1) is 14.5. The Balaban J connectivity index is 2.06. The minimum Gasteiger partial charge on any atom is -0.464 e. The van der Waals surface area contributed by atoms with Crippen molar-refractivity contribution >= 4 is 50.7 Å². The largest absolute Gasteiger partial charge is 0.464 e. The Labute approximate surface area is 148 Å². The Morgan fingerprint density at radius 2 is 2.15 bits per heavy atom. The second-order valence-corrected chi connectivity index (χ2v) is 5.95. The third kappa shape index (κ3) is 1.75. The molecule has 128 valence electrons. The molecule has 0 radical (unpaired) electrons. The highest BCUT2D eigenvalue weighted by molar-refractivity contribution is 7.80. The van der Waals surface area contributed by atoms with E-state index in [4.69, 9.17) is 28.1 Å². The molecule has 5 aromatic rings. The molecule has 11 nitrogen and oxygen atoms in total. The van der Waals surface area contributed by atoms with E-state index < -0.39 is 0 Å². The first-order valence-corrected chi connectivity index (χ1v) is 7.75. The lowest BCUT2D eigenvalue weighted by molar-refractivity contribution is 0.583. The van der Waals surface area contributed by atoms with E-state index in [1.54, 1.807) is 12.1 Å². The third-order valence-electron chi connectivity index (χ3n) is 4.05. The Morgan fingerprint density at radius 3 is 2.88 bits per heavy atom. The lowest BCUT2D eigenvalue weighted by Gasteiger charge is -2.04. The fourth-order valence-electron chi connectivity index (χ4n) is 2.96. The molecule has 0 aliphatic carbocycles. The van der Waals surface area contributed by atoms with Crippen LogP contribution in [0.3, 0.4) is 0 Å². The number of aromatic nitrogens is 7. The maximum atomic E-state index is 12.3. The van der Waals surface area contributed by atoms with Gasteiger partial charge in [0.1, 0.15) is 10.7 Å². The van der Waals surface area contributed by atoms with Crippen LogP contribution in [0.15, 0.2) is 27.6 Å². The predicted molar refractivity (Wildman–Crippen MR) is 96.6 cm³/mol. The van der Waals surface area contributed by atoms with Gasteiger partial charge in [-0.05, 0) is 12.1 Å². The number of rotatable bonds is 2. The standard InChI is InChI=1S/C14H9N9O2S/c15-9-8(10(16)26)18-20-13-6-5(4-2-1-3-25-4)7-11(19-21-14(7)24)17-12(6)22-23(9)13/h1-3H,15H2,(H2,16,26)(H,21,24)(H,17,19,22). The van der Waals surface area contributed by atoms with E-state index in [1.807, 2.05) is 0 Å². The monoisotopic (exact) mass is 367 g/mol. The quantitative estimate of drug-likeness (QED) is 0.321. The van der Waals surface area contributed by atoms with Crippen molar-refractivity contribution in [1.29, 1.82) is 0 Å². The van der Waals surface area contributed by atoms with Crippen LogP contribution in [0.2, 0.25) is 0 Å². The van der Waals surface area contributed by atoms with Crippen molar-refractivity contribution in [3.8, 4) is 11.3 Å². The molecule has 5 heterocycles. The summed E-state index contributed by atoms with van der Waals surface area (Å²) in [6.07, 6.45) is 1.50. The normalized spacial score (nSPS) is 11.7. The number of aromatic amines is 2. The summed E-state index contributed by atoms with van der Waals surface area (Å²) in [5.74, 6) is 0.633. The first-order valence-electron chi connectivity index (χ1n) is 7.34. The van der Waals surface area contributed by atoms with E-state index in [9.17, 15) is 4.79 Å². The van der Waals surface area contributed by atoms with E-state index in [0.29, 0.717) is 28.0 Å². The number of thiocarbonyl (C=S) groups is 1. The van der Waals surface area contributed by atoms with Crippen molar-refractivity contribution in [3.63, 3.8) is 0 Å². The van der Waals surface area contributed by atoms with Crippen molar-refractivity contribution in [2.75, 3.05) is 5.73 Å². The third-order valence-corrected chi connectivity index (χ3v) is 4.24. The van der Waals surface area contributed by atoms with Crippen LogP contribution >= 0.6 is 12.2 Å². The molecule has 0 fully saturated rings. The number of nitrogens with two attached hydrogens (primary N) is 2. The topological polar surface area (TPSA) is 170 Å². The number of nitrogen functional groups attached to an aromatic ring is 1. The predicted octanol–water partition coefficient (Wildman–Crippen LogP) is 0.318. The zero-order valence-corrected chi connectivity index (χ0v) is 13.7. The highest BCUT2D eigenvalue weighted by Crippen LogP contribution is 2.35. The van der Waals surface area contributed by atoms with Crippen molar-refractivity contribution in [2.45, 2.75) is 0 Å². The summed E-state index contributed by atoms with van der Waals surface area (Å²) in [4.78, 5) is 16.7. The van der Waals surface area contributed by atoms with Gasteiger partial charge in [0.05, 0.1) is 17.0 Å². The fraction of sp³-hybridized carbons (Fsp3) is 0. The molecule has 26 heavy (non-hydrogen) atoms. The summed E-state index contributed by atoms with van der Waals surface area (Å²) in [6, 6.07) is 3.44. The SMILES string of the molecule is NC(=S)c1nnc2c3c(-c4ccco4)c4c(=O)[nH]nc4nc3[nH]n2c1N. The first-order chi connectivity index (χ1) is 12.6. The summed E-state index contributed by atoms with van der Waals surface area (Å²) < 4.78 is 6.98. The van der Waals surface area contributed by atoms with Gasteiger partial charge in [-0.25, -0.2) is 14.6 Å². The molecule has 0 saturated carbocycles. The Kier molecular flexibility index (Phi) is 2.72. The number of fused-ring (bicyclic) bond motifs is 4. The zero-order chi connectivity index (χ0) is 18.0. The average Bonchev–Trinajstić information content (AvgIpc) is 3.33. The van der Waals surface area contributed by atoms with Gasteiger partial charge in [0.15, 0.2) is 28.5 Å². The van der Waals surface area contributed by atoms with Gasteiger partial charge in [-0.15, -0.1) is 10.2 Å². The molecule has 12 heteroatoms. The summed E-state index contributed by atoms with van der Waals surface area (Å²) in [5.41, 5.74) is 13.0. The van der Waals surface area contributed by atoms with Gasteiger partial charge < -0.3 is 15.9 Å². The minimum absolute atomic E-state index is 0.0131. The summed E-state index contributed by atoms with van der Waals surface area (Å²) in [6.45, 7) is 0. The molecule has 5 aromatic heterocycles. The van der Waals surface area contributed by atoms with Crippen LogP contribution in [0.25, 0.3) is 39.0 Å². The lowest BCUT2D eigenvalue weighted by Crippen LogP contribution is -2.18. The van der Waals surface area contributed by atoms with Crippen LogP contribution in [-0.2, 0) is 0 Å². The fourth-order valence-corrected chi connectivity index (χ4v) is 3.11. The lowest BCUT2D eigenvalue weighted by atomic mass is 10.1. The number of pyridine rings is 1. The van der Waals surface area contributed by atoms with Crippen molar-refractivity contribution < 1.29 is 4.42 Å². The molecule has 0 spiro atoms. The molecule has 5 rings (SSSR count). The molecular weight excluding hydrogens is 358 g/mol. The van der Waals surface area contributed by atoms with Gasteiger partial charge in [0.25, 0.3) is 5.56 Å². The summed E-state index contributed by atoms with van der Waals surface area (Å²) in [7, 11) is 0.